The summed E-state index contributed by atoms with van der Waals surface area (Å²) in [7, 11) is 4.98. The Bertz CT molecular complexity index is 458. The number of hydrogen-bond donors (Lipinski definition) is 1. The van der Waals surface area contributed by atoms with Gasteiger partial charge in [-0.25, -0.2) is 4.39 Å². The Labute approximate surface area is 126 Å². The molecule has 3 nitrogen and oxygen atoms in total. The summed E-state index contributed by atoms with van der Waals surface area (Å²) in [5.74, 6) is 1.59. The fraction of sp³-hybridized carbons (Fsp3) is 0.647. The van der Waals surface area contributed by atoms with Crippen LogP contribution in [0.4, 0.5) is 4.39 Å². The van der Waals surface area contributed by atoms with Gasteiger partial charge in [0.05, 0.1) is 14.2 Å². The minimum absolute atomic E-state index is 0.0189. The molecule has 1 unspecified atom stereocenters. The zero-order valence-electron chi connectivity index (χ0n) is 13.2. The van der Waals surface area contributed by atoms with Gasteiger partial charge in [0.1, 0.15) is 5.82 Å². The Balaban J connectivity index is 2.12. The Morgan fingerprint density at radius 3 is 2.38 bits per heavy atom. The van der Waals surface area contributed by atoms with E-state index in [0.717, 1.165) is 18.8 Å². The molecule has 1 aliphatic rings. The molecule has 0 radical (unpaired) electrons. The summed E-state index contributed by atoms with van der Waals surface area (Å²) in [6.45, 7) is 0. The van der Waals surface area contributed by atoms with Crippen molar-refractivity contribution in [2.24, 2.45) is 5.92 Å². The number of ether oxygens (including phenoxy) is 2. The molecule has 0 aliphatic heterocycles. The molecule has 2 rings (SSSR count). The molecule has 1 aliphatic carbocycles. The van der Waals surface area contributed by atoms with E-state index in [4.69, 9.17) is 9.47 Å². The number of nitrogens with one attached hydrogen (secondary N) is 1. The van der Waals surface area contributed by atoms with Crippen molar-refractivity contribution < 1.29 is 13.9 Å². The van der Waals surface area contributed by atoms with Crippen molar-refractivity contribution >= 4 is 0 Å². The van der Waals surface area contributed by atoms with E-state index < -0.39 is 0 Å². The molecule has 0 aromatic heterocycles. The minimum Gasteiger partial charge on any atom is -0.493 e. The highest BCUT2D eigenvalue weighted by Crippen LogP contribution is 2.36. The molecule has 1 atom stereocenters. The number of benzene rings is 1. The average molecular weight is 295 g/mol. The second-order valence-electron chi connectivity index (χ2n) is 5.80. The van der Waals surface area contributed by atoms with E-state index in [9.17, 15) is 4.39 Å². The van der Waals surface area contributed by atoms with Gasteiger partial charge in [-0.1, -0.05) is 25.7 Å². The predicted molar refractivity (Wildman–Crippen MR) is 82.5 cm³/mol. The highest BCUT2D eigenvalue weighted by Gasteiger charge is 2.21. The summed E-state index contributed by atoms with van der Waals surface area (Å²) >= 11 is 0. The molecule has 1 fully saturated rings. The number of halogens is 1. The van der Waals surface area contributed by atoms with Crippen LogP contribution in [0, 0.1) is 11.7 Å². The van der Waals surface area contributed by atoms with Gasteiger partial charge >= 0.3 is 0 Å². The van der Waals surface area contributed by atoms with Crippen LogP contribution in [0.2, 0.25) is 0 Å². The highest BCUT2D eigenvalue weighted by molar-refractivity contribution is 5.44. The largest absolute Gasteiger partial charge is 0.493 e. The maximum atomic E-state index is 14.3. The van der Waals surface area contributed by atoms with Crippen LogP contribution in [0.3, 0.4) is 0 Å². The maximum absolute atomic E-state index is 14.3. The number of methoxy groups -OCH3 is 2. The highest BCUT2D eigenvalue weighted by atomic mass is 19.1. The van der Waals surface area contributed by atoms with Crippen LogP contribution in [0.25, 0.3) is 0 Å². The van der Waals surface area contributed by atoms with Crippen LogP contribution < -0.4 is 14.8 Å². The molecule has 4 heteroatoms. The first-order valence-corrected chi connectivity index (χ1v) is 7.78. The van der Waals surface area contributed by atoms with E-state index in [1.54, 1.807) is 13.2 Å². The molecule has 0 saturated heterocycles. The van der Waals surface area contributed by atoms with Gasteiger partial charge < -0.3 is 14.8 Å². The first kappa shape index (κ1) is 16.1. The molecule has 21 heavy (non-hydrogen) atoms. The topological polar surface area (TPSA) is 30.5 Å². The SMILES string of the molecule is CNC(CCC1CCCC1)c1cc(OC)c(OC)cc1F. The molecule has 1 aromatic rings. The molecule has 0 bridgehead atoms. The first-order valence-electron chi connectivity index (χ1n) is 7.78. The van der Waals surface area contributed by atoms with Crippen molar-refractivity contribution in [2.75, 3.05) is 21.3 Å². The number of rotatable bonds is 7. The van der Waals surface area contributed by atoms with Crippen LogP contribution in [-0.2, 0) is 0 Å². The van der Waals surface area contributed by atoms with Crippen LogP contribution in [0.15, 0.2) is 12.1 Å². The molecule has 1 N–H and O–H groups in total. The third-order valence-electron chi connectivity index (χ3n) is 4.57. The van der Waals surface area contributed by atoms with E-state index in [1.165, 1.54) is 38.9 Å². The van der Waals surface area contributed by atoms with Gasteiger partial charge in [0.15, 0.2) is 11.5 Å². The quantitative estimate of drug-likeness (QED) is 0.822. The standard InChI is InChI=1S/C17H26FNO2/c1-19-15(9-8-12-6-4-5-7-12)13-10-16(20-2)17(21-3)11-14(13)18/h10-12,15,19H,4-9H2,1-3H3. The van der Waals surface area contributed by atoms with Crippen molar-refractivity contribution in [2.45, 2.75) is 44.6 Å². The first-order chi connectivity index (χ1) is 10.2. The lowest BCUT2D eigenvalue weighted by molar-refractivity contribution is 0.349. The van der Waals surface area contributed by atoms with Gasteiger partial charge in [0.2, 0.25) is 0 Å². The fourth-order valence-corrected chi connectivity index (χ4v) is 3.29. The minimum atomic E-state index is -0.238. The molecule has 118 valence electrons. The zero-order valence-corrected chi connectivity index (χ0v) is 13.2. The van der Waals surface area contributed by atoms with Crippen molar-refractivity contribution in [1.82, 2.24) is 5.32 Å². The predicted octanol–water partition coefficient (Wildman–Crippen LogP) is 4.07. The lowest BCUT2D eigenvalue weighted by Gasteiger charge is -2.21. The lowest BCUT2D eigenvalue weighted by atomic mass is 9.94. The van der Waals surface area contributed by atoms with Gasteiger partial charge in [0.25, 0.3) is 0 Å². The summed E-state index contributed by atoms with van der Waals surface area (Å²) in [5, 5.41) is 3.24. The third kappa shape index (κ3) is 3.88. The normalized spacial score (nSPS) is 17.0. The third-order valence-corrected chi connectivity index (χ3v) is 4.57. The van der Waals surface area contributed by atoms with E-state index >= 15 is 0 Å². The van der Waals surface area contributed by atoms with Gasteiger partial charge in [-0.05, 0) is 31.9 Å². The molecule has 0 amide bonds. The molecule has 0 spiro atoms. The Morgan fingerprint density at radius 1 is 1.19 bits per heavy atom. The van der Waals surface area contributed by atoms with Crippen LogP contribution in [0.1, 0.15) is 50.1 Å². The van der Waals surface area contributed by atoms with Gasteiger partial charge in [-0.2, -0.15) is 0 Å². The molecular formula is C17H26FNO2. The van der Waals surface area contributed by atoms with Crippen LogP contribution >= 0.6 is 0 Å². The smallest absolute Gasteiger partial charge is 0.163 e. The maximum Gasteiger partial charge on any atom is 0.163 e. The Hall–Kier alpha value is -1.29. The zero-order chi connectivity index (χ0) is 15.2. The van der Waals surface area contributed by atoms with E-state index in [2.05, 4.69) is 5.32 Å². The van der Waals surface area contributed by atoms with Crippen molar-refractivity contribution in [3.63, 3.8) is 0 Å². The van der Waals surface area contributed by atoms with Gasteiger partial charge in [-0.15, -0.1) is 0 Å². The second kappa shape index (κ2) is 7.64. The summed E-state index contributed by atoms with van der Waals surface area (Å²) < 4.78 is 24.7. The molecule has 1 saturated carbocycles. The Kier molecular flexibility index (Phi) is 5.85. The second-order valence-corrected chi connectivity index (χ2v) is 5.80. The molecule has 0 heterocycles. The Morgan fingerprint density at radius 2 is 1.81 bits per heavy atom. The van der Waals surface area contributed by atoms with E-state index in [-0.39, 0.29) is 11.9 Å². The van der Waals surface area contributed by atoms with Crippen LogP contribution in [0.5, 0.6) is 11.5 Å². The molecular weight excluding hydrogens is 269 g/mol. The summed E-state index contributed by atoms with van der Waals surface area (Å²) in [6.07, 6.45) is 7.45. The number of hydrogen-bond acceptors (Lipinski definition) is 3. The fourth-order valence-electron chi connectivity index (χ4n) is 3.29. The van der Waals surface area contributed by atoms with Crippen molar-refractivity contribution in [3.8, 4) is 11.5 Å². The summed E-state index contributed by atoms with van der Waals surface area (Å²) in [6, 6.07) is 3.18. The van der Waals surface area contributed by atoms with Gasteiger partial charge in [-0.3, -0.25) is 0 Å². The van der Waals surface area contributed by atoms with E-state index in [1.807, 2.05) is 7.05 Å². The average Bonchev–Trinajstić information content (AvgIpc) is 3.02. The van der Waals surface area contributed by atoms with Crippen molar-refractivity contribution in [1.29, 1.82) is 0 Å². The summed E-state index contributed by atoms with van der Waals surface area (Å²) in [4.78, 5) is 0. The lowest BCUT2D eigenvalue weighted by Crippen LogP contribution is -2.19. The van der Waals surface area contributed by atoms with Crippen LogP contribution in [-0.4, -0.2) is 21.3 Å². The van der Waals surface area contributed by atoms with Gasteiger partial charge in [0, 0.05) is 17.7 Å². The van der Waals surface area contributed by atoms with Crippen molar-refractivity contribution in [3.05, 3.63) is 23.5 Å². The monoisotopic (exact) mass is 295 g/mol. The van der Waals surface area contributed by atoms with E-state index in [0.29, 0.717) is 17.1 Å². The molecule has 1 aromatic carbocycles. The summed E-state index contributed by atoms with van der Waals surface area (Å²) in [5.41, 5.74) is 0.660.